The van der Waals surface area contributed by atoms with Gasteiger partial charge in [0.05, 0.1) is 22.6 Å². The Hall–Kier alpha value is -3.69. The molecule has 0 saturated heterocycles. The summed E-state index contributed by atoms with van der Waals surface area (Å²) in [6.07, 6.45) is -4.20. The number of alkyl halides is 6. The number of oxime groups is 2. The number of unbranched alkanes of at least 4 members (excludes halogenated alkanes) is 2. The maximum absolute atomic E-state index is 12.6. The Morgan fingerprint density at radius 1 is 0.741 bits per heavy atom. The summed E-state index contributed by atoms with van der Waals surface area (Å²) in [5, 5.41) is 22.8. The number of methoxy groups -OCH3 is 2. The van der Waals surface area contributed by atoms with Crippen LogP contribution in [0.2, 0.25) is 0 Å². The normalized spacial score (nSPS) is 11.6. The van der Waals surface area contributed by atoms with E-state index in [1.807, 2.05) is 0 Å². The molecule has 0 heterocycles. The fourth-order valence-electron chi connectivity index (χ4n) is 3.91. The second-order valence-electron chi connectivity index (χ2n) is 11.0. The van der Waals surface area contributed by atoms with Crippen molar-refractivity contribution in [3.63, 3.8) is 0 Å². The standard InChI is InChI=1S/2C15H21F3N2O2.C4H9N3O2.Mg.2H/c2*1-21-10-3-2-4-14(20-22-11-9-19)12-5-7-13(8-6-12)15(16,17)18;1-7(4(5)6)2-3(8)9;;;/h2*5-8H,2-4,9-11,19H2,1H3;2H2,1H3,(H3,5,6)(H,8,9);;;/q;;;+2;2*-1/b2*20-14+;;;;. The molecule has 0 saturated carbocycles. The molecule has 0 spiro atoms. The molecule has 0 bridgehead atoms. The van der Waals surface area contributed by atoms with Crippen LogP contribution in [0, 0.1) is 5.41 Å². The van der Waals surface area contributed by atoms with Gasteiger partial charge in [-0.1, -0.05) is 34.6 Å². The molecule has 0 amide bonds. The molecule has 54 heavy (non-hydrogen) atoms. The summed E-state index contributed by atoms with van der Waals surface area (Å²) in [7, 11) is 4.68. The molecule has 13 nitrogen and oxygen atoms in total. The van der Waals surface area contributed by atoms with Crippen molar-refractivity contribution in [1.82, 2.24) is 4.90 Å². The number of hydrogen-bond acceptors (Lipinski definition) is 10. The molecule has 0 atom stereocenters. The van der Waals surface area contributed by atoms with E-state index in [0.29, 0.717) is 61.7 Å². The van der Waals surface area contributed by atoms with E-state index < -0.39 is 29.4 Å². The molecule has 0 aliphatic rings. The van der Waals surface area contributed by atoms with Gasteiger partial charge in [0.25, 0.3) is 0 Å². The van der Waals surface area contributed by atoms with Crippen LogP contribution < -0.4 is 17.2 Å². The van der Waals surface area contributed by atoms with E-state index in [1.165, 1.54) is 31.3 Å². The van der Waals surface area contributed by atoms with E-state index in [2.05, 4.69) is 10.3 Å². The fourth-order valence-corrected chi connectivity index (χ4v) is 3.91. The van der Waals surface area contributed by atoms with Crippen LogP contribution in [0.25, 0.3) is 0 Å². The molecule has 2 aromatic carbocycles. The number of guanidine groups is 1. The minimum absolute atomic E-state index is 0. The van der Waals surface area contributed by atoms with Crippen LogP contribution in [-0.2, 0) is 36.3 Å². The van der Waals surface area contributed by atoms with Gasteiger partial charge in [-0.3, -0.25) is 10.2 Å². The zero-order chi connectivity index (χ0) is 40.3. The van der Waals surface area contributed by atoms with Gasteiger partial charge in [-0.25, -0.2) is 0 Å². The quantitative estimate of drug-likeness (QED) is 0.0298. The Morgan fingerprint density at radius 3 is 1.33 bits per heavy atom. The first-order valence-electron chi connectivity index (χ1n) is 16.4. The zero-order valence-electron chi connectivity index (χ0n) is 32.8. The van der Waals surface area contributed by atoms with Gasteiger partial charge in [0.1, 0.15) is 19.8 Å². The average Bonchev–Trinajstić information content (AvgIpc) is 3.10. The Morgan fingerprint density at radius 2 is 1.09 bits per heavy atom. The number of carbonyl (C=O) groups is 1. The molecule has 0 aliphatic heterocycles. The molecule has 0 radical (unpaired) electrons. The largest absolute Gasteiger partial charge is 2.00 e. The van der Waals surface area contributed by atoms with E-state index >= 15 is 0 Å². The van der Waals surface area contributed by atoms with E-state index in [0.717, 1.165) is 54.8 Å². The Kier molecular flexibility index (Phi) is 28.8. The molecular formula is C34H53F6MgN7O6. The van der Waals surface area contributed by atoms with E-state index in [1.54, 1.807) is 14.2 Å². The van der Waals surface area contributed by atoms with Gasteiger partial charge < -0.3 is 49.2 Å². The van der Waals surface area contributed by atoms with Gasteiger partial charge >= 0.3 is 41.4 Å². The topological polar surface area (TPSA) is 204 Å². The monoisotopic (exact) mass is 793 g/mol. The fraction of sp³-hybridized carbons (Fsp3) is 0.529. The molecule has 304 valence electrons. The molecule has 20 heteroatoms. The summed E-state index contributed by atoms with van der Waals surface area (Å²) < 4.78 is 85.4. The second kappa shape index (κ2) is 29.6. The summed E-state index contributed by atoms with van der Waals surface area (Å²) in [5.74, 6) is -1.23. The Labute approximate surface area is 330 Å². The van der Waals surface area contributed by atoms with Gasteiger partial charge in [0.15, 0.2) is 5.96 Å². The van der Waals surface area contributed by atoms with Gasteiger partial charge in [-0.05, 0) is 73.9 Å². The summed E-state index contributed by atoms with van der Waals surface area (Å²) >= 11 is 0. The van der Waals surface area contributed by atoms with Crippen molar-refractivity contribution in [3.05, 3.63) is 70.8 Å². The molecule has 0 aliphatic carbocycles. The molecule has 0 fully saturated rings. The van der Waals surface area contributed by atoms with Crippen molar-refractivity contribution in [3.8, 4) is 0 Å². The van der Waals surface area contributed by atoms with Crippen molar-refractivity contribution >= 4 is 46.4 Å². The maximum Gasteiger partial charge on any atom is 2.00 e. The van der Waals surface area contributed by atoms with Crippen LogP contribution in [0.15, 0.2) is 58.8 Å². The van der Waals surface area contributed by atoms with Crippen LogP contribution in [-0.4, -0.2) is 124 Å². The number of nitrogens with one attached hydrogen (secondary N) is 1. The van der Waals surface area contributed by atoms with E-state index in [4.69, 9.17) is 46.9 Å². The SMILES string of the molecule is CN(CC(=O)O)C(=N)N.COCCCC/C(=N\OCCN)c1ccc(C(F)(F)F)cc1.COCCCC/C(=N\OCCN)c1ccc(C(F)(F)F)cc1.[H-].[H-].[Mg+2]. The van der Waals surface area contributed by atoms with E-state index in [-0.39, 0.29) is 51.6 Å². The minimum atomic E-state index is -4.34. The number of rotatable bonds is 20. The summed E-state index contributed by atoms with van der Waals surface area (Å²) in [6.45, 7) is 2.22. The molecule has 8 N–H and O–H groups in total. The number of likely N-dealkylation sites (N-methyl/N-ethyl adjacent to an activating group) is 1. The summed E-state index contributed by atoms with van der Waals surface area (Å²) in [4.78, 5) is 21.2. The third kappa shape index (κ3) is 24.6. The third-order valence-electron chi connectivity index (χ3n) is 6.67. The number of benzene rings is 2. The molecule has 2 aromatic rings. The first-order valence-corrected chi connectivity index (χ1v) is 16.4. The number of hydrogen-bond donors (Lipinski definition) is 5. The Bertz CT molecular complexity index is 1290. The molecule has 0 unspecified atom stereocenters. The number of nitrogens with zero attached hydrogens (tertiary/aromatic N) is 3. The smallest absolute Gasteiger partial charge is 1.00 e. The number of aliphatic carboxylic acids is 1. The predicted octanol–water partition coefficient (Wildman–Crippen LogP) is 5.14. The molecule has 2 rings (SSSR count). The van der Waals surface area contributed by atoms with Gasteiger partial charge in [0, 0.05) is 47.6 Å². The molecular weight excluding hydrogens is 741 g/mol. The van der Waals surface area contributed by atoms with Crippen LogP contribution in [0.4, 0.5) is 26.3 Å². The number of nitrogens with two attached hydrogens (primary N) is 3. The van der Waals surface area contributed by atoms with Gasteiger partial charge in [-0.2, -0.15) is 26.3 Å². The second-order valence-corrected chi connectivity index (χ2v) is 11.0. The number of carboxylic acid groups (broad SMARTS) is 1. The van der Waals surface area contributed by atoms with Crippen molar-refractivity contribution < 1.29 is 58.2 Å². The maximum atomic E-state index is 12.6. The summed E-state index contributed by atoms with van der Waals surface area (Å²) in [6, 6.07) is 9.80. The third-order valence-corrected chi connectivity index (χ3v) is 6.67. The predicted molar refractivity (Wildman–Crippen MR) is 198 cm³/mol. The number of halogens is 6. The van der Waals surface area contributed by atoms with Gasteiger partial charge in [0.2, 0.25) is 0 Å². The van der Waals surface area contributed by atoms with Gasteiger partial charge in [-0.15, -0.1) is 0 Å². The average molecular weight is 794 g/mol. The van der Waals surface area contributed by atoms with Crippen LogP contribution in [0.1, 0.15) is 63.6 Å². The minimum Gasteiger partial charge on any atom is -1.00 e. The number of carboxylic acids is 1. The first-order chi connectivity index (χ1) is 25.0. The number of ether oxygens (including phenoxy) is 2. The van der Waals surface area contributed by atoms with Crippen LogP contribution in [0.3, 0.4) is 0 Å². The van der Waals surface area contributed by atoms with Crippen molar-refractivity contribution in [1.29, 1.82) is 5.41 Å². The first kappa shape index (κ1) is 52.4. The Balaban J connectivity index is -0.000000381. The van der Waals surface area contributed by atoms with Crippen molar-refractivity contribution in [2.45, 2.75) is 50.9 Å². The summed E-state index contributed by atoms with van der Waals surface area (Å²) in [5.41, 5.74) is 16.7. The van der Waals surface area contributed by atoms with Crippen molar-refractivity contribution in [2.24, 2.45) is 27.5 Å². The molecule has 0 aromatic heterocycles. The van der Waals surface area contributed by atoms with E-state index in [9.17, 15) is 31.1 Å². The van der Waals surface area contributed by atoms with Crippen LogP contribution in [0.5, 0.6) is 0 Å². The van der Waals surface area contributed by atoms with Crippen LogP contribution >= 0.6 is 0 Å². The van der Waals surface area contributed by atoms with Crippen molar-refractivity contribution in [2.75, 3.05) is 67.3 Å². The zero-order valence-corrected chi connectivity index (χ0v) is 32.3.